The molecule has 1 aliphatic carbocycles. The molecule has 0 aliphatic heterocycles. The Hall–Kier alpha value is -1.63. The van der Waals surface area contributed by atoms with Crippen molar-refractivity contribution < 1.29 is 17.6 Å². The lowest BCUT2D eigenvalue weighted by Crippen LogP contribution is -2.31. The highest BCUT2D eigenvalue weighted by Crippen LogP contribution is 2.35. The number of imidazole rings is 1. The monoisotopic (exact) mass is 315 g/mol. The molecule has 2 atom stereocenters. The van der Waals surface area contributed by atoms with Gasteiger partial charge in [-0.25, -0.2) is 9.37 Å². The van der Waals surface area contributed by atoms with Crippen molar-refractivity contribution in [1.29, 1.82) is 0 Å². The van der Waals surface area contributed by atoms with Crippen molar-refractivity contribution in [2.45, 2.75) is 50.5 Å². The van der Waals surface area contributed by atoms with E-state index in [0.29, 0.717) is 11.3 Å². The van der Waals surface area contributed by atoms with Crippen LogP contribution in [0.25, 0.3) is 11.0 Å². The van der Waals surface area contributed by atoms with E-state index in [1.807, 2.05) is 0 Å². The second-order valence-corrected chi connectivity index (χ2v) is 5.84. The number of H-pyrrole nitrogens is 1. The molecule has 3 N–H and O–H groups in total. The number of rotatable bonds is 2. The highest BCUT2D eigenvalue weighted by atomic mass is 19.4. The van der Waals surface area contributed by atoms with E-state index in [-0.39, 0.29) is 23.0 Å². The maximum Gasteiger partial charge on any atom is 0.416 e. The number of hydrogen-bond donors (Lipinski definition) is 2. The van der Waals surface area contributed by atoms with Gasteiger partial charge in [0, 0.05) is 17.5 Å². The first-order chi connectivity index (χ1) is 10.4. The van der Waals surface area contributed by atoms with Gasteiger partial charge in [-0.15, -0.1) is 0 Å². The van der Waals surface area contributed by atoms with Gasteiger partial charge in [-0.1, -0.05) is 12.8 Å². The first-order valence-electron chi connectivity index (χ1n) is 7.31. The zero-order valence-electron chi connectivity index (χ0n) is 11.9. The van der Waals surface area contributed by atoms with Gasteiger partial charge in [-0.2, -0.15) is 13.2 Å². The van der Waals surface area contributed by atoms with Gasteiger partial charge in [0.2, 0.25) is 0 Å². The second-order valence-electron chi connectivity index (χ2n) is 5.84. The number of nitrogens with two attached hydrogens (primary N) is 1. The third kappa shape index (κ3) is 2.69. The molecule has 1 aromatic carbocycles. The number of hydrogen-bond acceptors (Lipinski definition) is 2. The molecule has 1 unspecified atom stereocenters. The highest BCUT2D eigenvalue weighted by molar-refractivity contribution is 5.80. The number of alkyl halides is 4. The number of fused-ring (bicyclic) bond motifs is 1. The predicted molar refractivity (Wildman–Crippen MR) is 75.1 cm³/mol. The van der Waals surface area contributed by atoms with E-state index < -0.39 is 18.4 Å². The molecule has 0 radical (unpaired) electrons. The molecule has 3 rings (SSSR count). The minimum Gasteiger partial charge on any atom is -0.341 e. The van der Waals surface area contributed by atoms with Crippen molar-refractivity contribution in [1.82, 2.24) is 9.97 Å². The quantitative estimate of drug-likeness (QED) is 0.822. The van der Waals surface area contributed by atoms with Crippen molar-refractivity contribution in [2.75, 3.05) is 0 Å². The van der Waals surface area contributed by atoms with Crippen molar-refractivity contribution in [2.24, 2.45) is 5.73 Å². The van der Waals surface area contributed by atoms with Gasteiger partial charge in [0.1, 0.15) is 12.5 Å². The highest BCUT2D eigenvalue weighted by Gasteiger charge is 2.32. The molecular weight excluding hydrogens is 298 g/mol. The molecule has 120 valence electrons. The summed E-state index contributed by atoms with van der Waals surface area (Å²) in [4.78, 5) is 7.26. The van der Waals surface area contributed by atoms with Gasteiger partial charge >= 0.3 is 6.18 Å². The molecule has 0 saturated heterocycles. The number of benzene rings is 1. The third-order valence-electron chi connectivity index (χ3n) is 4.34. The van der Waals surface area contributed by atoms with E-state index in [2.05, 4.69) is 9.97 Å². The number of halogens is 4. The van der Waals surface area contributed by atoms with E-state index in [1.165, 1.54) is 0 Å². The zero-order valence-corrected chi connectivity index (χ0v) is 11.9. The lowest BCUT2D eigenvalue weighted by Gasteiger charge is -2.26. The predicted octanol–water partition coefficient (Wildman–Crippen LogP) is 4.04. The average Bonchev–Trinajstić information content (AvgIpc) is 2.89. The summed E-state index contributed by atoms with van der Waals surface area (Å²) < 4.78 is 51.7. The summed E-state index contributed by atoms with van der Waals surface area (Å²) >= 11 is 0. The molecule has 0 amide bonds. The van der Waals surface area contributed by atoms with Crippen LogP contribution in [0.15, 0.2) is 12.1 Å². The van der Waals surface area contributed by atoms with E-state index in [9.17, 15) is 17.6 Å². The molecule has 1 heterocycles. The number of nitrogens with zero attached hydrogens (tertiary/aromatic N) is 1. The molecule has 0 spiro atoms. The molecule has 1 saturated carbocycles. The zero-order chi connectivity index (χ0) is 15.9. The minimum atomic E-state index is -4.52. The Morgan fingerprint density at radius 3 is 2.59 bits per heavy atom. The van der Waals surface area contributed by atoms with Gasteiger partial charge in [-0.05, 0) is 25.0 Å². The summed E-state index contributed by atoms with van der Waals surface area (Å²) in [5.74, 6) is 0.555. The molecule has 1 aromatic heterocycles. The van der Waals surface area contributed by atoms with E-state index in [4.69, 9.17) is 5.73 Å². The Bertz CT molecular complexity index is 677. The van der Waals surface area contributed by atoms with Crippen molar-refractivity contribution in [3.05, 3.63) is 29.1 Å². The molecule has 0 bridgehead atoms. The van der Waals surface area contributed by atoms with Crippen LogP contribution in [-0.4, -0.2) is 16.0 Å². The van der Waals surface area contributed by atoms with Crippen LogP contribution in [0.4, 0.5) is 17.6 Å². The van der Waals surface area contributed by atoms with Gasteiger partial charge in [0.05, 0.1) is 16.6 Å². The van der Waals surface area contributed by atoms with E-state index in [1.54, 1.807) is 0 Å². The molecule has 1 aliphatic rings. The number of aromatic nitrogens is 2. The maximum atomic E-state index is 13.1. The Morgan fingerprint density at radius 1 is 1.23 bits per heavy atom. The van der Waals surface area contributed by atoms with Gasteiger partial charge in [0.25, 0.3) is 0 Å². The summed E-state index contributed by atoms with van der Waals surface area (Å²) in [6.07, 6.45) is -0.743. The van der Waals surface area contributed by atoms with E-state index >= 15 is 0 Å². The van der Waals surface area contributed by atoms with Crippen molar-refractivity contribution >= 4 is 11.0 Å². The number of aromatic amines is 1. The topological polar surface area (TPSA) is 54.7 Å². The van der Waals surface area contributed by atoms with Gasteiger partial charge in [-0.3, -0.25) is 0 Å². The van der Waals surface area contributed by atoms with Crippen LogP contribution < -0.4 is 5.73 Å². The van der Waals surface area contributed by atoms with Crippen LogP contribution in [0.2, 0.25) is 0 Å². The number of nitrogens with one attached hydrogen (secondary N) is 1. The summed E-state index contributed by atoms with van der Waals surface area (Å²) in [7, 11) is 0. The molecule has 22 heavy (non-hydrogen) atoms. The van der Waals surface area contributed by atoms with Crippen LogP contribution in [0, 0.1) is 0 Å². The van der Waals surface area contributed by atoms with Crippen LogP contribution in [0.1, 0.15) is 48.6 Å². The third-order valence-corrected chi connectivity index (χ3v) is 4.34. The van der Waals surface area contributed by atoms with Crippen molar-refractivity contribution in [3.63, 3.8) is 0 Å². The Morgan fingerprint density at radius 2 is 1.95 bits per heavy atom. The Labute approximate surface area is 124 Å². The van der Waals surface area contributed by atoms with Gasteiger partial charge < -0.3 is 10.7 Å². The molecular formula is C15H17F4N3. The van der Waals surface area contributed by atoms with Crippen LogP contribution in [0.5, 0.6) is 0 Å². The fourth-order valence-electron chi connectivity index (χ4n) is 3.15. The Kier molecular flexibility index (Phi) is 3.84. The summed E-state index contributed by atoms with van der Waals surface area (Å²) in [6.45, 7) is -0.973. The SMILES string of the molecule is N[C@@H]1CCCCC1c1nc2cc(C(F)(F)F)cc(CF)c2[nH]1. The van der Waals surface area contributed by atoms with Gasteiger partial charge in [0.15, 0.2) is 0 Å². The van der Waals surface area contributed by atoms with Crippen LogP contribution in [0.3, 0.4) is 0 Å². The Balaban J connectivity index is 2.08. The summed E-state index contributed by atoms with van der Waals surface area (Å²) in [5, 5.41) is 0. The normalized spacial score (nSPS) is 23.1. The smallest absolute Gasteiger partial charge is 0.341 e. The van der Waals surface area contributed by atoms with Crippen LogP contribution in [-0.2, 0) is 12.9 Å². The summed E-state index contributed by atoms with van der Waals surface area (Å²) in [5.41, 5.74) is 5.68. The minimum absolute atomic E-state index is 0.0112. The molecule has 7 heteroatoms. The van der Waals surface area contributed by atoms with Crippen molar-refractivity contribution in [3.8, 4) is 0 Å². The largest absolute Gasteiger partial charge is 0.416 e. The standard InChI is InChI=1S/C15H17F4N3/c16-7-8-5-9(15(17,18)19)6-12-13(8)22-14(21-12)10-3-1-2-4-11(10)20/h5-6,10-11H,1-4,7,20H2,(H,21,22)/t10?,11-/m1/s1. The lowest BCUT2D eigenvalue weighted by molar-refractivity contribution is -0.137. The molecule has 3 nitrogen and oxygen atoms in total. The fourth-order valence-corrected chi connectivity index (χ4v) is 3.15. The first kappa shape index (κ1) is 15.3. The fraction of sp³-hybridized carbons (Fsp3) is 0.533. The maximum absolute atomic E-state index is 13.1. The second kappa shape index (κ2) is 5.53. The first-order valence-corrected chi connectivity index (χ1v) is 7.31. The molecule has 2 aromatic rings. The average molecular weight is 315 g/mol. The van der Waals surface area contributed by atoms with E-state index in [0.717, 1.165) is 37.8 Å². The lowest BCUT2D eigenvalue weighted by atomic mass is 9.84. The molecule has 1 fully saturated rings. The summed E-state index contributed by atoms with van der Waals surface area (Å²) in [6, 6.07) is 1.73. The van der Waals surface area contributed by atoms with Crippen LogP contribution >= 0.6 is 0 Å².